The summed E-state index contributed by atoms with van der Waals surface area (Å²) in [5.74, 6) is -0.642. The smallest absolute Gasteiger partial charge is 0.337 e. The molecule has 0 N–H and O–H groups in total. The van der Waals surface area contributed by atoms with Crippen molar-refractivity contribution < 1.29 is 13.9 Å². The number of hydrogen-bond donors (Lipinski definition) is 0. The molecule has 0 radical (unpaired) electrons. The average molecular weight is 287 g/mol. The molecule has 2 aromatic carbocycles. The van der Waals surface area contributed by atoms with Gasteiger partial charge in [0.15, 0.2) is 0 Å². The third kappa shape index (κ3) is 2.28. The molecule has 1 heterocycles. The maximum absolute atomic E-state index is 13.2. The monoisotopic (exact) mass is 287 g/mol. The number of rotatable bonds is 2. The van der Waals surface area contributed by atoms with Crippen molar-refractivity contribution in [1.29, 1.82) is 0 Å². The van der Waals surface area contributed by atoms with E-state index in [1.165, 1.54) is 30.6 Å². The number of ether oxygens (including phenoxy) is 1. The summed E-state index contributed by atoms with van der Waals surface area (Å²) >= 11 is 1.42. The van der Waals surface area contributed by atoms with E-state index in [-0.39, 0.29) is 11.8 Å². The first-order valence-electron chi connectivity index (χ1n) is 5.92. The maximum Gasteiger partial charge on any atom is 0.337 e. The summed E-state index contributed by atoms with van der Waals surface area (Å²) in [5, 5.41) is 0.794. The molecule has 3 rings (SSSR count). The lowest BCUT2D eigenvalue weighted by Gasteiger charge is -2.00. The molecule has 20 heavy (non-hydrogen) atoms. The molecule has 3 aromatic rings. The van der Waals surface area contributed by atoms with Gasteiger partial charge in [-0.25, -0.2) is 14.2 Å². The van der Waals surface area contributed by atoms with Gasteiger partial charge in [0.1, 0.15) is 10.8 Å². The molecule has 0 amide bonds. The molecule has 3 nitrogen and oxygen atoms in total. The van der Waals surface area contributed by atoms with Gasteiger partial charge >= 0.3 is 5.97 Å². The number of carbonyl (C=O) groups excluding carboxylic acids is 1. The summed E-state index contributed by atoms with van der Waals surface area (Å²) in [6, 6.07) is 11.5. The molecule has 0 bridgehead atoms. The molecular weight excluding hydrogens is 277 g/mol. The van der Waals surface area contributed by atoms with Crippen LogP contribution >= 0.6 is 11.3 Å². The zero-order valence-electron chi connectivity index (χ0n) is 10.6. The SMILES string of the molecule is COC(=O)c1ccc(-c2nc3ccc(F)cc3s2)cc1. The highest BCUT2D eigenvalue weighted by atomic mass is 32.1. The Morgan fingerprint density at radius 2 is 1.95 bits per heavy atom. The number of carbonyl (C=O) groups is 1. The van der Waals surface area contributed by atoms with Gasteiger partial charge in [-0.15, -0.1) is 11.3 Å². The number of nitrogens with zero attached hydrogens (tertiary/aromatic N) is 1. The Bertz CT molecular complexity index is 780. The van der Waals surface area contributed by atoms with Gasteiger partial charge in [-0.3, -0.25) is 0 Å². The quantitative estimate of drug-likeness (QED) is 0.671. The predicted molar refractivity (Wildman–Crippen MR) is 76.4 cm³/mol. The van der Waals surface area contributed by atoms with Crippen LogP contribution in [-0.2, 0) is 4.74 Å². The van der Waals surface area contributed by atoms with Gasteiger partial charge in [0.2, 0.25) is 0 Å². The minimum atomic E-state index is -0.372. The second-order valence-electron chi connectivity index (χ2n) is 4.20. The van der Waals surface area contributed by atoms with Gasteiger partial charge in [-0.05, 0) is 30.3 Å². The fourth-order valence-corrected chi connectivity index (χ4v) is 2.88. The van der Waals surface area contributed by atoms with Crippen LogP contribution in [-0.4, -0.2) is 18.1 Å². The molecule has 0 atom stereocenters. The van der Waals surface area contributed by atoms with Crippen molar-refractivity contribution in [2.75, 3.05) is 7.11 Å². The van der Waals surface area contributed by atoms with Gasteiger partial charge in [0.25, 0.3) is 0 Å². The van der Waals surface area contributed by atoms with E-state index in [0.717, 1.165) is 20.8 Å². The van der Waals surface area contributed by atoms with Crippen LogP contribution < -0.4 is 0 Å². The molecule has 0 fully saturated rings. The van der Waals surface area contributed by atoms with Gasteiger partial charge in [0, 0.05) is 5.56 Å². The highest BCUT2D eigenvalue weighted by Gasteiger charge is 2.09. The van der Waals surface area contributed by atoms with Gasteiger partial charge in [-0.2, -0.15) is 0 Å². The fourth-order valence-electron chi connectivity index (χ4n) is 1.89. The molecule has 0 saturated carbocycles. The number of methoxy groups -OCH3 is 1. The van der Waals surface area contributed by atoms with E-state index in [2.05, 4.69) is 9.72 Å². The molecule has 0 saturated heterocycles. The minimum absolute atomic E-state index is 0.270. The first-order valence-corrected chi connectivity index (χ1v) is 6.74. The summed E-state index contributed by atoms with van der Waals surface area (Å²) in [5.41, 5.74) is 2.14. The zero-order chi connectivity index (χ0) is 14.1. The standard InChI is InChI=1S/C15H10FNO2S/c1-19-15(18)10-4-2-9(3-5-10)14-17-12-7-6-11(16)8-13(12)20-14/h2-8H,1H3. The van der Waals surface area contributed by atoms with Crippen molar-refractivity contribution in [3.63, 3.8) is 0 Å². The fraction of sp³-hybridized carbons (Fsp3) is 0.0667. The summed E-state index contributed by atoms with van der Waals surface area (Å²) < 4.78 is 18.6. The van der Waals surface area contributed by atoms with E-state index in [4.69, 9.17) is 0 Å². The number of halogens is 1. The molecule has 100 valence electrons. The van der Waals surface area contributed by atoms with Gasteiger partial charge < -0.3 is 4.74 Å². The first-order chi connectivity index (χ1) is 9.67. The van der Waals surface area contributed by atoms with E-state index < -0.39 is 0 Å². The molecule has 0 aliphatic rings. The van der Waals surface area contributed by atoms with E-state index in [9.17, 15) is 9.18 Å². The first kappa shape index (κ1) is 12.7. The van der Waals surface area contributed by atoms with Crippen molar-refractivity contribution in [2.24, 2.45) is 0 Å². The number of benzene rings is 2. The maximum atomic E-state index is 13.2. The van der Waals surface area contributed by atoms with Crippen LogP contribution in [0.5, 0.6) is 0 Å². The minimum Gasteiger partial charge on any atom is -0.465 e. The molecule has 0 unspecified atom stereocenters. The number of thiazole rings is 1. The van der Waals surface area contributed by atoms with Crippen LogP contribution in [0.1, 0.15) is 10.4 Å². The second kappa shape index (κ2) is 5.02. The van der Waals surface area contributed by atoms with E-state index in [0.29, 0.717) is 5.56 Å². The van der Waals surface area contributed by atoms with Crippen molar-refractivity contribution in [2.45, 2.75) is 0 Å². The average Bonchev–Trinajstić information content (AvgIpc) is 2.89. The summed E-state index contributed by atoms with van der Waals surface area (Å²) in [4.78, 5) is 15.8. The van der Waals surface area contributed by atoms with Crippen molar-refractivity contribution in [1.82, 2.24) is 4.98 Å². The second-order valence-corrected chi connectivity index (χ2v) is 5.23. The molecule has 1 aromatic heterocycles. The van der Waals surface area contributed by atoms with Crippen molar-refractivity contribution in [3.8, 4) is 10.6 Å². The van der Waals surface area contributed by atoms with Crippen molar-refractivity contribution >= 4 is 27.5 Å². The third-order valence-electron chi connectivity index (χ3n) is 2.90. The molecule has 0 aliphatic carbocycles. The Labute approximate surface area is 118 Å². The molecular formula is C15H10FNO2S. The largest absolute Gasteiger partial charge is 0.465 e. The summed E-state index contributed by atoms with van der Waals surface area (Å²) in [6.07, 6.45) is 0. The lowest BCUT2D eigenvalue weighted by Crippen LogP contribution is -2.00. The Balaban J connectivity index is 2.00. The lowest BCUT2D eigenvalue weighted by molar-refractivity contribution is 0.0601. The number of fused-ring (bicyclic) bond motifs is 1. The van der Waals surface area contributed by atoms with Crippen LogP contribution in [0, 0.1) is 5.82 Å². The Morgan fingerprint density at radius 3 is 2.65 bits per heavy atom. The van der Waals surface area contributed by atoms with E-state index >= 15 is 0 Å². The van der Waals surface area contributed by atoms with Crippen LogP contribution in [0.3, 0.4) is 0 Å². The van der Waals surface area contributed by atoms with Crippen LogP contribution in [0.15, 0.2) is 42.5 Å². The third-order valence-corrected chi connectivity index (χ3v) is 3.97. The normalized spacial score (nSPS) is 10.7. The van der Waals surface area contributed by atoms with E-state index in [1.807, 2.05) is 0 Å². The Kier molecular flexibility index (Phi) is 3.20. The van der Waals surface area contributed by atoms with Crippen LogP contribution in [0.2, 0.25) is 0 Å². The predicted octanol–water partition coefficient (Wildman–Crippen LogP) is 3.89. The van der Waals surface area contributed by atoms with Gasteiger partial charge in [-0.1, -0.05) is 12.1 Å². The summed E-state index contributed by atoms with van der Waals surface area (Å²) in [7, 11) is 1.35. The highest BCUT2D eigenvalue weighted by molar-refractivity contribution is 7.21. The van der Waals surface area contributed by atoms with Crippen LogP contribution in [0.4, 0.5) is 4.39 Å². The van der Waals surface area contributed by atoms with Crippen LogP contribution in [0.25, 0.3) is 20.8 Å². The summed E-state index contributed by atoms with van der Waals surface area (Å²) in [6.45, 7) is 0. The zero-order valence-corrected chi connectivity index (χ0v) is 11.4. The molecule has 0 aliphatic heterocycles. The molecule has 0 spiro atoms. The number of aromatic nitrogens is 1. The number of esters is 1. The van der Waals surface area contributed by atoms with E-state index in [1.54, 1.807) is 30.3 Å². The van der Waals surface area contributed by atoms with Crippen molar-refractivity contribution in [3.05, 3.63) is 53.8 Å². The van der Waals surface area contributed by atoms with Gasteiger partial charge in [0.05, 0.1) is 22.9 Å². The Morgan fingerprint density at radius 1 is 1.20 bits per heavy atom. The number of hydrogen-bond acceptors (Lipinski definition) is 4. The molecule has 5 heteroatoms. The highest BCUT2D eigenvalue weighted by Crippen LogP contribution is 2.30. The Hall–Kier alpha value is -2.27. The lowest BCUT2D eigenvalue weighted by atomic mass is 10.1. The topological polar surface area (TPSA) is 39.2 Å².